The molecular weight excluding hydrogens is 577 g/mol. The lowest BCUT2D eigenvalue weighted by Crippen LogP contribution is -2.17. The zero-order valence-electron chi connectivity index (χ0n) is 24.2. The number of anilines is 1. The van der Waals surface area contributed by atoms with Crippen LogP contribution < -0.4 is 5.73 Å². The molecule has 0 aliphatic rings. The first-order chi connectivity index (χ1) is 19.9. The van der Waals surface area contributed by atoms with Crippen molar-refractivity contribution in [3.05, 3.63) is 43.0 Å². The van der Waals surface area contributed by atoms with Gasteiger partial charge in [-0.2, -0.15) is 11.8 Å². The van der Waals surface area contributed by atoms with Gasteiger partial charge in [0.1, 0.15) is 18.2 Å². The lowest BCUT2D eigenvalue weighted by molar-refractivity contribution is 0.0718. The van der Waals surface area contributed by atoms with Crippen LogP contribution in [0.3, 0.4) is 0 Å². The number of nitrogen functional groups attached to an aromatic ring is 1. The SMILES string of the molecule is C[C@H](Cn1cnc2c(N)ncnc21)OCP(=O)(O)OCCCSCCCCCCCCCCCSc1ccccc1. The van der Waals surface area contributed by atoms with Gasteiger partial charge in [0.25, 0.3) is 0 Å². The molecule has 0 aliphatic carbocycles. The number of hydrogen-bond acceptors (Lipinski definition) is 9. The third kappa shape index (κ3) is 13.9. The first-order valence-electron chi connectivity index (χ1n) is 14.7. The van der Waals surface area contributed by atoms with Crippen molar-refractivity contribution in [2.45, 2.75) is 88.7 Å². The number of nitrogens with zero attached hydrogens (tertiary/aromatic N) is 4. The van der Waals surface area contributed by atoms with Gasteiger partial charge < -0.3 is 24.5 Å². The lowest BCUT2D eigenvalue weighted by Gasteiger charge is -2.17. The van der Waals surface area contributed by atoms with Crippen molar-refractivity contribution < 1.29 is 18.7 Å². The van der Waals surface area contributed by atoms with Crippen molar-refractivity contribution in [3.8, 4) is 0 Å². The van der Waals surface area contributed by atoms with E-state index >= 15 is 0 Å². The summed E-state index contributed by atoms with van der Waals surface area (Å²) >= 11 is 3.86. The second kappa shape index (κ2) is 19.5. The number of benzene rings is 1. The predicted octanol–water partition coefficient (Wildman–Crippen LogP) is 7.40. The van der Waals surface area contributed by atoms with Crippen molar-refractivity contribution in [2.75, 3.05) is 35.9 Å². The molecule has 3 aromatic rings. The van der Waals surface area contributed by atoms with E-state index in [2.05, 4.69) is 45.3 Å². The number of ether oxygens (including phenoxy) is 1. The molecule has 2 heterocycles. The van der Waals surface area contributed by atoms with Gasteiger partial charge in [-0.1, -0.05) is 63.1 Å². The molecule has 3 rings (SSSR count). The average molecular weight is 624 g/mol. The Labute approximate surface area is 253 Å². The van der Waals surface area contributed by atoms with E-state index in [0.29, 0.717) is 23.5 Å². The number of unbranched alkanes of at least 4 members (excludes halogenated alkanes) is 8. The highest BCUT2D eigenvalue weighted by Crippen LogP contribution is 2.42. The minimum Gasteiger partial charge on any atom is -0.382 e. The molecule has 12 heteroatoms. The first kappa shape index (κ1) is 33.9. The maximum absolute atomic E-state index is 12.3. The summed E-state index contributed by atoms with van der Waals surface area (Å²) in [7, 11) is -3.80. The van der Waals surface area contributed by atoms with Crippen molar-refractivity contribution in [2.24, 2.45) is 0 Å². The number of rotatable bonds is 23. The van der Waals surface area contributed by atoms with Crippen LogP contribution in [0, 0.1) is 0 Å². The third-order valence-corrected chi connectivity index (χ3v) is 9.89. The Morgan fingerprint density at radius 1 is 0.927 bits per heavy atom. The highest BCUT2D eigenvalue weighted by molar-refractivity contribution is 7.99. The van der Waals surface area contributed by atoms with Crippen LogP contribution in [0.4, 0.5) is 5.82 Å². The minimum absolute atomic E-state index is 0.256. The molecule has 3 N–H and O–H groups in total. The average Bonchev–Trinajstić information content (AvgIpc) is 3.38. The van der Waals surface area contributed by atoms with Crippen molar-refractivity contribution >= 4 is 48.1 Å². The second-order valence-electron chi connectivity index (χ2n) is 10.2. The topological polar surface area (TPSA) is 125 Å². The van der Waals surface area contributed by atoms with Crippen LogP contribution in [0.1, 0.15) is 71.1 Å². The summed E-state index contributed by atoms with van der Waals surface area (Å²) in [4.78, 5) is 23.8. The van der Waals surface area contributed by atoms with Crippen LogP contribution in [0.15, 0.2) is 47.9 Å². The Balaban J connectivity index is 1.08. The summed E-state index contributed by atoms with van der Waals surface area (Å²) < 4.78 is 24.9. The number of thioether (sulfide) groups is 2. The van der Waals surface area contributed by atoms with Crippen LogP contribution in [0.5, 0.6) is 0 Å². The summed E-state index contributed by atoms with van der Waals surface area (Å²) in [5.74, 6) is 3.60. The Bertz CT molecular complexity index is 1170. The first-order valence-corrected chi connectivity index (χ1v) is 18.6. The molecular formula is C29H46N5O4PS2. The van der Waals surface area contributed by atoms with Crippen LogP contribution in [-0.2, 0) is 20.4 Å². The molecule has 0 saturated carbocycles. The normalized spacial score (nSPS) is 13.9. The van der Waals surface area contributed by atoms with E-state index in [9.17, 15) is 9.46 Å². The molecule has 0 fully saturated rings. The fourth-order valence-corrected chi connectivity index (χ4v) is 7.14. The molecule has 0 radical (unpaired) electrons. The van der Waals surface area contributed by atoms with E-state index in [1.165, 1.54) is 74.8 Å². The molecule has 228 valence electrons. The quantitative estimate of drug-likeness (QED) is 0.0627. The lowest BCUT2D eigenvalue weighted by atomic mass is 10.1. The third-order valence-electron chi connectivity index (χ3n) is 6.58. The van der Waals surface area contributed by atoms with Gasteiger partial charge in [-0.05, 0) is 55.6 Å². The standard InChI is InChI=1S/C29H46N5O4PS2/c1-25(21-34-23-33-27-28(30)31-22-32-29(27)34)37-24-39(35,36)38-17-14-19-40-18-12-7-5-3-2-4-6-8-13-20-41-26-15-10-9-11-16-26/h9-11,15-16,22-23,25H,2-8,12-14,17-21,24H2,1H3,(H,35,36)(H2,30,31,32)/t25-/m1/s1. The van der Waals surface area contributed by atoms with Gasteiger partial charge in [0.2, 0.25) is 0 Å². The highest BCUT2D eigenvalue weighted by Gasteiger charge is 2.21. The number of hydrogen-bond donors (Lipinski definition) is 2. The monoisotopic (exact) mass is 623 g/mol. The summed E-state index contributed by atoms with van der Waals surface area (Å²) in [6, 6.07) is 10.7. The molecule has 1 unspecified atom stereocenters. The van der Waals surface area contributed by atoms with Crippen LogP contribution >= 0.6 is 31.1 Å². The van der Waals surface area contributed by atoms with Crippen LogP contribution in [-0.4, -0.2) is 60.7 Å². The second-order valence-corrected chi connectivity index (χ2v) is 14.4. The Hall–Kier alpha value is -1.62. The minimum atomic E-state index is -3.80. The molecule has 2 aromatic heterocycles. The van der Waals surface area contributed by atoms with E-state index in [1.807, 2.05) is 30.4 Å². The van der Waals surface area contributed by atoms with E-state index in [4.69, 9.17) is 15.0 Å². The highest BCUT2D eigenvalue weighted by atomic mass is 32.2. The number of imidazole rings is 1. The smallest absolute Gasteiger partial charge is 0.353 e. The summed E-state index contributed by atoms with van der Waals surface area (Å²) in [5.41, 5.74) is 6.94. The maximum atomic E-state index is 12.3. The molecule has 2 atom stereocenters. The van der Waals surface area contributed by atoms with E-state index in [1.54, 1.807) is 10.9 Å². The summed E-state index contributed by atoms with van der Waals surface area (Å²) in [5, 5.41) is 0. The number of aromatic nitrogens is 4. The van der Waals surface area contributed by atoms with Gasteiger partial charge in [0.15, 0.2) is 11.5 Å². The van der Waals surface area contributed by atoms with Crippen molar-refractivity contribution in [1.82, 2.24) is 19.5 Å². The Kier molecular flexibility index (Phi) is 16.2. The molecule has 0 saturated heterocycles. The van der Waals surface area contributed by atoms with Crippen LogP contribution in [0.25, 0.3) is 11.2 Å². The van der Waals surface area contributed by atoms with E-state index in [0.717, 1.165) is 17.9 Å². The molecule has 9 nitrogen and oxygen atoms in total. The van der Waals surface area contributed by atoms with Crippen LogP contribution in [0.2, 0.25) is 0 Å². The summed E-state index contributed by atoms with van der Waals surface area (Å²) in [6.45, 7) is 2.49. The zero-order chi connectivity index (χ0) is 29.2. The number of fused-ring (bicyclic) bond motifs is 1. The van der Waals surface area contributed by atoms with Gasteiger partial charge in [-0.15, -0.1) is 11.8 Å². The zero-order valence-corrected chi connectivity index (χ0v) is 26.8. The maximum Gasteiger partial charge on any atom is 0.353 e. The predicted molar refractivity (Wildman–Crippen MR) is 172 cm³/mol. The van der Waals surface area contributed by atoms with Gasteiger partial charge in [0.05, 0.1) is 25.6 Å². The number of nitrogens with two attached hydrogens (primary N) is 1. The molecule has 0 aliphatic heterocycles. The Morgan fingerprint density at radius 2 is 1.59 bits per heavy atom. The molecule has 1 aromatic carbocycles. The Morgan fingerprint density at radius 3 is 2.32 bits per heavy atom. The van der Waals surface area contributed by atoms with Crippen molar-refractivity contribution in [3.63, 3.8) is 0 Å². The molecule has 0 amide bonds. The molecule has 0 spiro atoms. The van der Waals surface area contributed by atoms with Gasteiger partial charge in [-0.25, -0.2) is 15.0 Å². The van der Waals surface area contributed by atoms with E-state index < -0.39 is 7.60 Å². The van der Waals surface area contributed by atoms with Gasteiger partial charge in [0, 0.05) is 4.90 Å². The van der Waals surface area contributed by atoms with Gasteiger partial charge in [-0.3, -0.25) is 4.57 Å². The fourth-order valence-electron chi connectivity index (χ4n) is 4.34. The molecule has 0 bridgehead atoms. The molecule has 41 heavy (non-hydrogen) atoms. The summed E-state index contributed by atoms with van der Waals surface area (Å²) in [6.07, 6.45) is 14.9. The fraction of sp³-hybridized carbons (Fsp3) is 0.621. The van der Waals surface area contributed by atoms with E-state index in [-0.39, 0.29) is 19.1 Å². The van der Waals surface area contributed by atoms with Crippen molar-refractivity contribution in [1.29, 1.82) is 0 Å². The van der Waals surface area contributed by atoms with Gasteiger partial charge >= 0.3 is 7.60 Å². The largest absolute Gasteiger partial charge is 0.382 e.